The third-order valence-corrected chi connectivity index (χ3v) is 11.9. The van der Waals surface area contributed by atoms with E-state index in [9.17, 15) is 5.11 Å². The van der Waals surface area contributed by atoms with Crippen molar-refractivity contribution in [1.29, 1.82) is 0 Å². The molecule has 2 atom stereocenters. The number of allylic oxidation sites excluding steroid dienone is 2. The molecule has 2 aliphatic rings. The molecule has 1 heterocycles. The second-order valence-corrected chi connectivity index (χ2v) is 16.5. The summed E-state index contributed by atoms with van der Waals surface area (Å²) in [6, 6.07) is 20.9. The third kappa shape index (κ3) is 8.15. The number of anilines is 1. The number of hydrogen-bond donors (Lipinski definition) is 1. The Morgan fingerprint density at radius 1 is 0.885 bits per heavy atom. The number of rotatable bonds is 17. The molecule has 5 rings (SSSR count). The predicted molar refractivity (Wildman–Crippen MR) is 224 cm³/mol. The van der Waals surface area contributed by atoms with Gasteiger partial charge in [-0.05, 0) is 115 Å². The third-order valence-electron chi connectivity index (χ3n) is 11.9. The summed E-state index contributed by atoms with van der Waals surface area (Å²) in [5.41, 5.74) is 13.0. The summed E-state index contributed by atoms with van der Waals surface area (Å²) in [6.45, 7) is 27.4. The zero-order valence-corrected chi connectivity index (χ0v) is 34.1. The fraction of sp³-hybridized carbons (Fsp3) is 0.510. The molecule has 1 aliphatic heterocycles. The summed E-state index contributed by atoms with van der Waals surface area (Å²) < 4.78 is 7.05. The van der Waals surface area contributed by atoms with E-state index in [1.807, 2.05) is 6.08 Å². The molecule has 0 spiro atoms. The molecule has 0 radical (unpaired) electrons. The van der Waals surface area contributed by atoms with Crippen LogP contribution < -0.4 is 4.90 Å². The monoisotopic (exact) mass is 702 g/mol. The number of hydrogen-bond acceptors (Lipinski definition) is 3. The second-order valence-electron chi connectivity index (χ2n) is 16.5. The molecule has 3 nitrogen and oxygen atoms in total. The van der Waals surface area contributed by atoms with Crippen molar-refractivity contribution < 1.29 is 9.84 Å². The molecule has 52 heavy (non-hydrogen) atoms. The van der Waals surface area contributed by atoms with Crippen molar-refractivity contribution in [3.63, 3.8) is 0 Å². The van der Waals surface area contributed by atoms with Gasteiger partial charge in [0.1, 0.15) is 5.76 Å². The number of aliphatic hydroxyl groups excluding tert-OH is 1. The van der Waals surface area contributed by atoms with Crippen LogP contribution in [0.4, 0.5) is 5.69 Å². The van der Waals surface area contributed by atoms with Crippen molar-refractivity contribution in [2.24, 2.45) is 17.8 Å². The topological polar surface area (TPSA) is 32.7 Å². The SMILES string of the molecule is C=C(O/C(=C\C(O)C(CC)CC)C(CC)CC)N1c2cc3c(cc2C(CC(C)C)=CC1c1cc(C)cc(CCCCC)c1)-c1ccccc1C3(C)C. The lowest BCUT2D eigenvalue weighted by molar-refractivity contribution is 0.136. The van der Waals surface area contributed by atoms with Crippen LogP contribution in [-0.4, -0.2) is 11.2 Å². The van der Waals surface area contributed by atoms with Crippen LogP contribution in [0.25, 0.3) is 16.7 Å². The number of benzene rings is 3. The number of aliphatic hydroxyl groups is 1. The van der Waals surface area contributed by atoms with E-state index in [1.54, 1.807) is 0 Å². The molecule has 0 fully saturated rings. The Bertz CT molecular complexity index is 1770. The van der Waals surface area contributed by atoms with Gasteiger partial charge in [0.25, 0.3) is 0 Å². The van der Waals surface area contributed by atoms with E-state index in [0.717, 1.165) is 50.0 Å². The first-order chi connectivity index (χ1) is 24.9. The van der Waals surface area contributed by atoms with Gasteiger partial charge in [-0.15, -0.1) is 0 Å². The predicted octanol–water partition coefficient (Wildman–Crippen LogP) is 13.6. The van der Waals surface area contributed by atoms with Gasteiger partial charge >= 0.3 is 0 Å². The molecule has 0 saturated heterocycles. The van der Waals surface area contributed by atoms with Crippen molar-refractivity contribution in [2.45, 2.75) is 145 Å². The molecule has 0 aromatic heterocycles. The van der Waals surface area contributed by atoms with Gasteiger partial charge in [-0.25, -0.2) is 0 Å². The van der Waals surface area contributed by atoms with Crippen LogP contribution in [0.2, 0.25) is 0 Å². The first-order valence-electron chi connectivity index (χ1n) is 20.5. The largest absolute Gasteiger partial charge is 0.446 e. The summed E-state index contributed by atoms with van der Waals surface area (Å²) in [4.78, 5) is 2.38. The average Bonchev–Trinajstić information content (AvgIpc) is 3.33. The highest BCUT2D eigenvalue weighted by atomic mass is 16.5. The Labute approximate surface area is 316 Å². The number of unbranched alkanes of at least 4 members (excludes halogenated alkanes) is 2. The number of ether oxygens (including phenoxy) is 1. The summed E-state index contributed by atoms with van der Waals surface area (Å²) in [5.74, 6) is 2.33. The van der Waals surface area contributed by atoms with Gasteiger partial charge in [-0.1, -0.05) is 142 Å². The Morgan fingerprint density at radius 3 is 2.25 bits per heavy atom. The van der Waals surface area contributed by atoms with E-state index in [0.29, 0.717) is 11.8 Å². The minimum atomic E-state index is -0.564. The summed E-state index contributed by atoms with van der Waals surface area (Å²) >= 11 is 0. The molecule has 3 aromatic rings. The molecule has 3 aromatic carbocycles. The van der Waals surface area contributed by atoms with Crippen LogP contribution >= 0.6 is 0 Å². The second kappa shape index (κ2) is 17.1. The lowest BCUT2D eigenvalue weighted by atomic mass is 9.80. The molecule has 0 bridgehead atoms. The molecular weight excluding hydrogens is 635 g/mol. The zero-order valence-electron chi connectivity index (χ0n) is 34.1. The fourth-order valence-electron chi connectivity index (χ4n) is 8.84. The fourth-order valence-corrected chi connectivity index (χ4v) is 8.84. The van der Waals surface area contributed by atoms with Gasteiger partial charge in [0.15, 0.2) is 5.88 Å². The highest BCUT2D eigenvalue weighted by Crippen LogP contribution is 2.54. The van der Waals surface area contributed by atoms with E-state index in [1.165, 1.54) is 69.3 Å². The van der Waals surface area contributed by atoms with Gasteiger partial charge in [-0.2, -0.15) is 0 Å². The quantitative estimate of drug-likeness (QED) is 0.112. The Balaban J connectivity index is 1.73. The summed E-state index contributed by atoms with van der Waals surface area (Å²) in [6.07, 6.45) is 13.4. The lowest BCUT2D eigenvalue weighted by Crippen LogP contribution is -2.32. The maximum absolute atomic E-state index is 11.4. The minimum absolute atomic E-state index is 0.0876. The van der Waals surface area contributed by atoms with Gasteiger partial charge in [-0.3, -0.25) is 0 Å². The highest BCUT2D eigenvalue weighted by Gasteiger charge is 2.39. The minimum Gasteiger partial charge on any atom is -0.446 e. The first kappa shape index (κ1) is 39.6. The lowest BCUT2D eigenvalue weighted by Gasteiger charge is -2.40. The van der Waals surface area contributed by atoms with E-state index in [4.69, 9.17) is 11.3 Å². The van der Waals surface area contributed by atoms with Crippen LogP contribution in [-0.2, 0) is 16.6 Å². The van der Waals surface area contributed by atoms with E-state index in [-0.39, 0.29) is 23.3 Å². The Kier molecular flexibility index (Phi) is 13.0. The van der Waals surface area contributed by atoms with Crippen molar-refractivity contribution in [3.8, 4) is 11.1 Å². The molecule has 3 heteroatoms. The molecule has 1 aliphatic carbocycles. The number of fused-ring (bicyclic) bond motifs is 4. The van der Waals surface area contributed by atoms with Crippen molar-refractivity contribution in [2.75, 3.05) is 4.90 Å². The molecule has 2 unspecified atom stereocenters. The Hall–Kier alpha value is -3.56. The highest BCUT2D eigenvalue weighted by molar-refractivity contribution is 5.91. The molecular formula is C49H67NO2. The molecule has 280 valence electrons. The smallest absolute Gasteiger partial charge is 0.193 e. The van der Waals surface area contributed by atoms with Crippen LogP contribution in [0.3, 0.4) is 0 Å². The van der Waals surface area contributed by atoms with Crippen molar-refractivity contribution in [3.05, 3.63) is 118 Å². The van der Waals surface area contributed by atoms with Gasteiger partial charge in [0, 0.05) is 16.9 Å². The van der Waals surface area contributed by atoms with Gasteiger partial charge in [0.2, 0.25) is 0 Å². The summed E-state index contributed by atoms with van der Waals surface area (Å²) in [5, 5.41) is 11.4. The van der Waals surface area contributed by atoms with E-state index < -0.39 is 6.10 Å². The van der Waals surface area contributed by atoms with Crippen LogP contribution in [0.1, 0.15) is 153 Å². The van der Waals surface area contributed by atoms with Crippen LogP contribution in [0, 0.1) is 24.7 Å². The van der Waals surface area contributed by atoms with Gasteiger partial charge in [0.05, 0.1) is 17.8 Å². The number of aryl methyl sites for hydroxylation is 2. The molecule has 1 N–H and O–H groups in total. The summed E-state index contributed by atoms with van der Waals surface area (Å²) in [7, 11) is 0. The van der Waals surface area contributed by atoms with Crippen LogP contribution in [0.15, 0.2) is 85.0 Å². The Morgan fingerprint density at radius 2 is 1.60 bits per heavy atom. The number of nitrogens with zero attached hydrogens (tertiary/aromatic N) is 1. The standard InChI is InChI=1S/C49H67NO2/c1-12-17-18-21-35-25-33(8)26-39(27-35)45-28-38(24-32(6)7)41-29-42-40-22-19-20-23-43(40)49(10,11)44(42)30-46(41)50(45)34(9)52-48(37(15-4)16-5)31-47(51)36(13-2)14-3/h19-20,22-23,25-32,36-37,45,47,51H,9,12-18,21,24H2,1-8,10-11H3/b48-31-. The van der Waals surface area contributed by atoms with Crippen molar-refractivity contribution >= 4 is 11.3 Å². The molecule has 0 amide bonds. The zero-order chi connectivity index (χ0) is 37.7. The maximum Gasteiger partial charge on any atom is 0.193 e. The normalized spacial score (nSPS) is 17.0. The maximum atomic E-state index is 11.4. The van der Waals surface area contributed by atoms with Crippen molar-refractivity contribution in [1.82, 2.24) is 0 Å². The first-order valence-corrected chi connectivity index (χ1v) is 20.5. The average molecular weight is 702 g/mol. The molecule has 0 saturated carbocycles. The van der Waals surface area contributed by atoms with Gasteiger partial charge < -0.3 is 14.7 Å². The van der Waals surface area contributed by atoms with Crippen LogP contribution in [0.5, 0.6) is 0 Å². The van der Waals surface area contributed by atoms with E-state index >= 15 is 0 Å². The van der Waals surface area contributed by atoms with E-state index in [2.05, 4.69) is 135 Å².